The van der Waals surface area contributed by atoms with Crippen molar-refractivity contribution in [1.29, 1.82) is 0 Å². The first-order valence-electron chi connectivity index (χ1n) is 8.64. The molecule has 1 aromatic heterocycles. The number of nitrogens with two attached hydrogens (primary N) is 1. The lowest BCUT2D eigenvalue weighted by molar-refractivity contribution is 0.428. The Hall–Kier alpha value is -2.63. The van der Waals surface area contributed by atoms with Crippen molar-refractivity contribution in [1.82, 2.24) is 9.88 Å². The molecule has 3 rings (SSSR count). The normalized spacial score (nSPS) is 15.7. The fraction of sp³-hybridized carbons (Fsp3) is 0.368. The zero-order valence-electron chi connectivity index (χ0n) is 14.2. The van der Waals surface area contributed by atoms with Crippen LogP contribution >= 0.6 is 0 Å². The highest BCUT2D eigenvalue weighted by Gasteiger charge is 2.10. The number of ether oxygens (including phenoxy) is 1. The molecular formula is C19H23FN4O. The van der Waals surface area contributed by atoms with Crippen LogP contribution in [0.2, 0.25) is 0 Å². The SMILES string of the molecule is NC(=NCc1ccc(Oc2ccc(F)cc2)nc1)N1CCCCCC1. The van der Waals surface area contributed by atoms with E-state index in [4.69, 9.17) is 10.5 Å². The summed E-state index contributed by atoms with van der Waals surface area (Å²) in [6, 6.07) is 9.52. The number of hydrogen-bond donors (Lipinski definition) is 1. The van der Waals surface area contributed by atoms with Crippen molar-refractivity contribution < 1.29 is 9.13 Å². The van der Waals surface area contributed by atoms with Gasteiger partial charge in [-0.3, -0.25) is 0 Å². The smallest absolute Gasteiger partial charge is 0.219 e. The van der Waals surface area contributed by atoms with E-state index in [-0.39, 0.29) is 5.82 Å². The van der Waals surface area contributed by atoms with E-state index in [2.05, 4.69) is 14.9 Å². The van der Waals surface area contributed by atoms with Gasteiger partial charge >= 0.3 is 0 Å². The Morgan fingerprint density at radius 3 is 2.44 bits per heavy atom. The van der Waals surface area contributed by atoms with Gasteiger partial charge in [0.05, 0.1) is 6.54 Å². The van der Waals surface area contributed by atoms with Crippen LogP contribution in [0.1, 0.15) is 31.2 Å². The van der Waals surface area contributed by atoms with Gasteiger partial charge < -0.3 is 15.4 Å². The minimum Gasteiger partial charge on any atom is -0.439 e. The maximum absolute atomic E-state index is 12.9. The Morgan fingerprint density at radius 1 is 1.08 bits per heavy atom. The highest BCUT2D eigenvalue weighted by molar-refractivity contribution is 5.78. The van der Waals surface area contributed by atoms with Gasteiger partial charge in [0, 0.05) is 25.4 Å². The number of rotatable bonds is 4. The third kappa shape index (κ3) is 5.17. The van der Waals surface area contributed by atoms with Gasteiger partial charge in [0.2, 0.25) is 5.88 Å². The number of benzene rings is 1. The lowest BCUT2D eigenvalue weighted by Gasteiger charge is -2.21. The minimum atomic E-state index is -0.296. The summed E-state index contributed by atoms with van der Waals surface area (Å²) in [5, 5.41) is 0. The number of nitrogens with zero attached hydrogens (tertiary/aromatic N) is 3. The van der Waals surface area contributed by atoms with Gasteiger partial charge in [-0.2, -0.15) is 0 Å². The summed E-state index contributed by atoms with van der Waals surface area (Å²) in [5.74, 6) is 1.31. The Balaban J connectivity index is 1.56. The molecule has 0 aliphatic carbocycles. The number of likely N-dealkylation sites (tertiary alicyclic amines) is 1. The Morgan fingerprint density at radius 2 is 1.80 bits per heavy atom. The van der Waals surface area contributed by atoms with Crippen LogP contribution in [-0.2, 0) is 6.54 Å². The van der Waals surface area contributed by atoms with Crippen LogP contribution in [0.4, 0.5) is 4.39 Å². The molecule has 0 radical (unpaired) electrons. The van der Waals surface area contributed by atoms with Crippen molar-refractivity contribution in [3.63, 3.8) is 0 Å². The largest absolute Gasteiger partial charge is 0.439 e. The predicted octanol–water partition coefficient (Wildman–Crippen LogP) is 3.70. The van der Waals surface area contributed by atoms with Crippen molar-refractivity contribution in [3.8, 4) is 11.6 Å². The predicted molar refractivity (Wildman–Crippen MR) is 96.1 cm³/mol. The van der Waals surface area contributed by atoms with Crippen molar-refractivity contribution in [3.05, 3.63) is 54.0 Å². The highest BCUT2D eigenvalue weighted by atomic mass is 19.1. The van der Waals surface area contributed by atoms with Crippen LogP contribution in [0, 0.1) is 5.82 Å². The molecule has 1 aliphatic rings. The Kier molecular flexibility index (Phi) is 5.82. The van der Waals surface area contributed by atoms with Gasteiger partial charge in [0.1, 0.15) is 11.6 Å². The molecule has 0 unspecified atom stereocenters. The molecule has 0 atom stereocenters. The summed E-state index contributed by atoms with van der Waals surface area (Å²) >= 11 is 0. The third-order valence-electron chi connectivity index (χ3n) is 4.19. The molecule has 1 saturated heterocycles. The van der Waals surface area contributed by atoms with E-state index in [0.717, 1.165) is 18.7 Å². The van der Waals surface area contributed by atoms with Crippen molar-refractivity contribution >= 4 is 5.96 Å². The molecule has 0 spiro atoms. The topological polar surface area (TPSA) is 63.7 Å². The molecule has 1 aliphatic heterocycles. The van der Waals surface area contributed by atoms with Crippen molar-refractivity contribution in [2.24, 2.45) is 10.7 Å². The maximum Gasteiger partial charge on any atom is 0.219 e. The molecule has 0 amide bonds. The van der Waals surface area contributed by atoms with E-state index in [1.807, 2.05) is 6.07 Å². The lowest BCUT2D eigenvalue weighted by atomic mass is 10.2. The number of pyridine rings is 1. The molecule has 5 nitrogen and oxygen atoms in total. The molecular weight excluding hydrogens is 319 g/mol. The van der Waals surface area contributed by atoms with Gasteiger partial charge in [-0.1, -0.05) is 18.9 Å². The zero-order valence-corrected chi connectivity index (χ0v) is 14.2. The number of aromatic nitrogens is 1. The van der Waals surface area contributed by atoms with E-state index in [1.54, 1.807) is 24.4 Å². The highest BCUT2D eigenvalue weighted by Crippen LogP contribution is 2.19. The summed E-state index contributed by atoms with van der Waals surface area (Å²) in [5.41, 5.74) is 7.07. The lowest BCUT2D eigenvalue weighted by Crippen LogP contribution is -2.38. The number of aliphatic imine (C=N–C) groups is 1. The molecule has 2 heterocycles. The van der Waals surface area contributed by atoms with E-state index in [0.29, 0.717) is 24.1 Å². The van der Waals surface area contributed by atoms with E-state index in [9.17, 15) is 4.39 Å². The summed E-state index contributed by atoms with van der Waals surface area (Å²) < 4.78 is 18.5. The van der Waals surface area contributed by atoms with E-state index >= 15 is 0 Å². The molecule has 25 heavy (non-hydrogen) atoms. The summed E-state index contributed by atoms with van der Waals surface area (Å²) in [6.07, 6.45) is 6.60. The average Bonchev–Trinajstić information content (AvgIpc) is 2.92. The fourth-order valence-corrected chi connectivity index (χ4v) is 2.76. The van der Waals surface area contributed by atoms with Gasteiger partial charge in [0.15, 0.2) is 5.96 Å². The van der Waals surface area contributed by atoms with Crippen molar-refractivity contribution in [2.75, 3.05) is 13.1 Å². The van der Waals surface area contributed by atoms with Crippen LogP contribution in [-0.4, -0.2) is 28.9 Å². The standard InChI is InChI=1S/C19H23FN4O/c20-16-6-8-17(9-7-16)25-18-10-5-15(13-22-18)14-23-19(21)24-11-3-1-2-4-12-24/h5-10,13H,1-4,11-12,14H2,(H2,21,23). The van der Waals surface area contributed by atoms with Crippen molar-refractivity contribution in [2.45, 2.75) is 32.2 Å². The van der Waals surface area contributed by atoms with Crippen LogP contribution in [0.5, 0.6) is 11.6 Å². The average molecular weight is 342 g/mol. The third-order valence-corrected chi connectivity index (χ3v) is 4.19. The molecule has 1 fully saturated rings. The molecule has 132 valence electrons. The number of halogens is 1. The van der Waals surface area contributed by atoms with Crippen LogP contribution < -0.4 is 10.5 Å². The molecule has 2 N–H and O–H groups in total. The maximum atomic E-state index is 12.9. The van der Waals surface area contributed by atoms with Crippen LogP contribution in [0.3, 0.4) is 0 Å². The second kappa shape index (κ2) is 8.46. The molecule has 1 aromatic carbocycles. The Bertz CT molecular complexity index is 692. The molecule has 0 saturated carbocycles. The van der Waals surface area contributed by atoms with Gasteiger partial charge in [-0.15, -0.1) is 0 Å². The summed E-state index contributed by atoms with van der Waals surface area (Å²) in [7, 11) is 0. The van der Waals surface area contributed by atoms with Crippen LogP contribution in [0.25, 0.3) is 0 Å². The van der Waals surface area contributed by atoms with Gasteiger partial charge in [-0.25, -0.2) is 14.4 Å². The fourth-order valence-electron chi connectivity index (χ4n) is 2.76. The summed E-state index contributed by atoms with van der Waals surface area (Å²) in [6.45, 7) is 2.46. The second-order valence-electron chi connectivity index (χ2n) is 6.14. The zero-order chi connectivity index (χ0) is 17.5. The summed E-state index contributed by atoms with van der Waals surface area (Å²) in [4.78, 5) is 10.9. The first-order chi connectivity index (χ1) is 12.2. The molecule has 2 aromatic rings. The first-order valence-corrected chi connectivity index (χ1v) is 8.64. The van der Waals surface area contributed by atoms with Gasteiger partial charge in [-0.05, 0) is 42.7 Å². The molecule has 6 heteroatoms. The minimum absolute atomic E-state index is 0.296. The Labute approximate surface area is 147 Å². The van der Waals surface area contributed by atoms with Crippen LogP contribution in [0.15, 0.2) is 47.6 Å². The number of guanidine groups is 1. The van der Waals surface area contributed by atoms with E-state index < -0.39 is 0 Å². The first kappa shape index (κ1) is 17.2. The van der Waals surface area contributed by atoms with Gasteiger partial charge in [0.25, 0.3) is 0 Å². The monoisotopic (exact) mass is 342 g/mol. The number of hydrogen-bond acceptors (Lipinski definition) is 3. The molecule has 0 bridgehead atoms. The quantitative estimate of drug-likeness (QED) is 0.680. The van der Waals surface area contributed by atoms with E-state index in [1.165, 1.54) is 37.8 Å². The second-order valence-corrected chi connectivity index (χ2v) is 6.14.